The van der Waals surface area contributed by atoms with Crippen molar-refractivity contribution in [2.24, 2.45) is 0 Å². The van der Waals surface area contributed by atoms with Gasteiger partial charge in [0.15, 0.2) is 5.65 Å². The van der Waals surface area contributed by atoms with Gasteiger partial charge in [0.25, 0.3) is 5.91 Å². The van der Waals surface area contributed by atoms with E-state index >= 15 is 0 Å². The number of aromatic amines is 1. The summed E-state index contributed by atoms with van der Waals surface area (Å²) < 4.78 is 0. The van der Waals surface area contributed by atoms with Crippen LogP contribution in [0.25, 0.3) is 11.2 Å². The molecule has 4 rings (SSSR count). The quantitative estimate of drug-likeness (QED) is 0.412. The van der Waals surface area contributed by atoms with Gasteiger partial charge in [-0.3, -0.25) is 10.2 Å². The number of fused-ring (bicyclic) bond motifs is 1. The first kappa shape index (κ1) is 19.4. The smallest absolute Gasteiger partial charge is 0.255 e. The van der Waals surface area contributed by atoms with Gasteiger partial charge in [-0.25, -0.2) is 9.97 Å². The van der Waals surface area contributed by atoms with Crippen LogP contribution in [0.3, 0.4) is 0 Å². The number of halogens is 1. The largest absolute Gasteiger partial charge is 0.393 e. The lowest BCUT2D eigenvalue weighted by Crippen LogP contribution is -2.33. The molecule has 1 saturated carbocycles. The maximum Gasteiger partial charge on any atom is 0.255 e. The van der Waals surface area contributed by atoms with E-state index in [1.165, 1.54) is 6.20 Å². The van der Waals surface area contributed by atoms with Gasteiger partial charge in [-0.2, -0.15) is 0 Å². The number of H-pyrrole nitrogens is 1. The number of aromatic nitrogens is 3. The zero-order valence-corrected chi connectivity index (χ0v) is 16.5. The third kappa shape index (κ3) is 3.81. The molecule has 1 aliphatic carbocycles. The Morgan fingerprint density at radius 3 is 2.90 bits per heavy atom. The number of nitrogens with one attached hydrogen (secondary N) is 4. The number of benzene rings is 1. The molecule has 1 aliphatic rings. The molecule has 0 radical (unpaired) electrons. The molecule has 3 aromatic rings. The zero-order chi connectivity index (χ0) is 20.5. The van der Waals surface area contributed by atoms with Crippen LogP contribution in [0.5, 0.6) is 0 Å². The number of carbonyl (C=O) groups is 1. The summed E-state index contributed by atoms with van der Waals surface area (Å²) in [7, 11) is 1.76. The van der Waals surface area contributed by atoms with Gasteiger partial charge in [-0.05, 0) is 37.5 Å². The number of hydrogen-bond donors (Lipinski definition) is 5. The number of aliphatic hydroxyl groups is 1. The lowest BCUT2D eigenvalue weighted by molar-refractivity contribution is 0.0935. The first-order valence-electron chi connectivity index (χ1n) is 9.36. The Labute approximate surface area is 172 Å². The molecular weight excluding hydrogens is 392 g/mol. The molecule has 150 valence electrons. The SMILES string of the molecule is CNc1cc(Cl)ccc1C(=N)c1cnc2[nH]cc(C(=O)NC3CCC(O)C3)c2n1. The maximum atomic E-state index is 12.7. The summed E-state index contributed by atoms with van der Waals surface area (Å²) in [5.41, 5.74) is 3.11. The van der Waals surface area contributed by atoms with Crippen LogP contribution in [0.4, 0.5) is 5.69 Å². The third-order valence-corrected chi connectivity index (χ3v) is 5.38. The van der Waals surface area contributed by atoms with Crippen molar-refractivity contribution in [1.29, 1.82) is 5.41 Å². The number of anilines is 1. The maximum absolute atomic E-state index is 12.7. The predicted molar refractivity (Wildman–Crippen MR) is 112 cm³/mol. The van der Waals surface area contributed by atoms with Crippen LogP contribution in [0.2, 0.25) is 5.02 Å². The van der Waals surface area contributed by atoms with Crippen LogP contribution >= 0.6 is 11.6 Å². The van der Waals surface area contributed by atoms with Crippen molar-refractivity contribution in [1.82, 2.24) is 20.3 Å². The average molecular weight is 413 g/mol. The van der Waals surface area contributed by atoms with E-state index in [1.54, 1.807) is 31.4 Å². The molecule has 1 amide bonds. The minimum Gasteiger partial charge on any atom is -0.393 e. The highest BCUT2D eigenvalue weighted by molar-refractivity contribution is 6.31. The number of carbonyl (C=O) groups excluding carboxylic acids is 1. The van der Waals surface area contributed by atoms with E-state index in [0.717, 1.165) is 6.42 Å². The van der Waals surface area contributed by atoms with Crippen molar-refractivity contribution in [3.8, 4) is 0 Å². The summed E-state index contributed by atoms with van der Waals surface area (Å²) >= 11 is 6.04. The van der Waals surface area contributed by atoms with Crippen molar-refractivity contribution in [3.63, 3.8) is 0 Å². The number of amides is 1. The second-order valence-corrected chi connectivity index (χ2v) is 7.54. The van der Waals surface area contributed by atoms with E-state index in [0.29, 0.717) is 51.5 Å². The Hall–Kier alpha value is -2.97. The van der Waals surface area contributed by atoms with Gasteiger partial charge >= 0.3 is 0 Å². The highest BCUT2D eigenvalue weighted by Gasteiger charge is 2.26. The van der Waals surface area contributed by atoms with Crippen LogP contribution in [0.15, 0.2) is 30.6 Å². The second-order valence-electron chi connectivity index (χ2n) is 7.11. The lowest BCUT2D eigenvalue weighted by atomic mass is 10.1. The van der Waals surface area contributed by atoms with Gasteiger partial charge in [0, 0.05) is 35.6 Å². The molecule has 1 fully saturated rings. The first-order chi connectivity index (χ1) is 14.0. The van der Waals surface area contributed by atoms with Gasteiger partial charge in [0.05, 0.1) is 23.6 Å². The molecule has 0 spiro atoms. The van der Waals surface area contributed by atoms with Crippen LogP contribution in [-0.4, -0.2) is 50.9 Å². The predicted octanol–water partition coefficient (Wildman–Crippen LogP) is 2.71. The molecule has 2 atom stereocenters. The van der Waals surface area contributed by atoms with E-state index in [9.17, 15) is 9.90 Å². The highest BCUT2D eigenvalue weighted by atomic mass is 35.5. The van der Waals surface area contributed by atoms with E-state index in [1.807, 2.05) is 0 Å². The fourth-order valence-electron chi connectivity index (χ4n) is 3.62. The normalized spacial score (nSPS) is 18.7. The van der Waals surface area contributed by atoms with E-state index in [4.69, 9.17) is 17.0 Å². The van der Waals surface area contributed by atoms with Crippen molar-refractivity contribution < 1.29 is 9.90 Å². The third-order valence-electron chi connectivity index (χ3n) is 5.14. The Balaban J connectivity index is 1.65. The summed E-state index contributed by atoms with van der Waals surface area (Å²) in [6.07, 6.45) is 4.70. The van der Waals surface area contributed by atoms with Crippen LogP contribution in [0, 0.1) is 5.41 Å². The summed E-state index contributed by atoms with van der Waals surface area (Å²) in [5.74, 6) is -0.268. The highest BCUT2D eigenvalue weighted by Crippen LogP contribution is 2.24. The number of aliphatic hydroxyl groups excluding tert-OH is 1. The van der Waals surface area contributed by atoms with E-state index in [-0.39, 0.29) is 23.8 Å². The van der Waals surface area contributed by atoms with Crippen LogP contribution in [-0.2, 0) is 0 Å². The topological polar surface area (TPSA) is 127 Å². The van der Waals surface area contributed by atoms with E-state index in [2.05, 4.69) is 25.6 Å². The molecule has 8 nitrogen and oxygen atoms in total. The molecule has 29 heavy (non-hydrogen) atoms. The van der Waals surface area contributed by atoms with Crippen LogP contribution < -0.4 is 10.6 Å². The molecule has 9 heteroatoms. The van der Waals surface area contributed by atoms with Gasteiger partial charge < -0.3 is 20.7 Å². The van der Waals surface area contributed by atoms with Crippen LogP contribution in [0.1, 0.15) is 40.9 Å². The van der Waals surface area contributed by atoms with Crippen molar-refractivity contribution >= 4 is 40.1 Å². The van der Waals surface area contributed by atoms with Gasteiger partial charge in [0.1, 0.15) is 11.2 Å². The van der Waals surface area contributed by atoms with Gasteiger partial charge in [0.2, 0.25) is 0 Å². The lowest BCUT2D eigenvalue weighted by Gasteiger charge is -2.12. The Morgan fingerprint density at radius 2 is 2.17 bits per heavy atom. The number of rotatable bonds is 5. The molecule has 0 aliphatic heterocycles. The summed E-state index contributed by atoms with van der Waals surface area (Å²) in [5, 5.41) is 24.8. The van der Waals surface area contributed by atoms with Gasteiger partial charge in [-0.1, -0.05) is 11.6 Å². The van der Waals surface area contributed by atoms with Gasteiger partial charge in [-0.15, -0.1) is 0 Å². The Bertz CT molecular complexity index is 1100. The fraction of sp³-hybridized carbons (Fsp3) is 0.300. The number of nitrogens with zero attached hydrogens (tertiary/aromatic N) is 2. The summed E-state index contributed by atoms with van der Waals surface area (Å²) in [6, 6.07) is 5.15. The summed E-state index contributed by atoms with van der Waals surface area (Å²) in [4.78, 5) is 24.5. The standard InChI is InChI=1S/C20H21ClN6O2/c1-23-15-6-10(21)2-5-13(15)17(22)16-9-25-19-18(27-16)14(8-24-19)20(29)26-11-3-4-12(28)7-11/h2,5-6,8-9,11-12,22-23,28H,3-4,7H2,1H3,(H,24,25)(H,26,29). The van der Waals surface area contributed by atoms with E-state index < -0.39 is 0 Å². The second kappa shape index (κ2) is 7.81. The first-order valence-corrected chi connectivity index (χ1v) is 9.73. The molecular formula is C20H21ClN6O2. The minimum absolute atomic E-state index is 0.0517. The Morgan fingerprint density at radius 1 is 1.34 bits per heavy atom. The Kier molecular flexibility index (Phi) is 5.21. The monoisotopic (exact) mass is 412 g/mol. The molecule has 2 unspecified atom stereocenters. The molecule has 1 aromatic carbocycles. The molecule has 2 heterocycles. The number of hydrogen-bond acceptors (Lipinski definition) is 6. The summed E-state index contributed by atoms with van der Waals surface area (Å²) in [6.45, 7) is 0. The average Bonchev–Trinajstić information content (AvgIpc) is 3.32. The van der Waals surface area contributed by atoms with Crippen molar-refractivity contribution in [2.45, 2.75) is 31.4 Å². The van der Waals surface area contributed by atoms with Crippen molar-refractivity contribution in [3.05, 3.63) is 52.4 Å². The fourth-order valence-corrected chi connectivity index (χ4v) is 3.79. The molecule has 0 saturated heterocycles. The molecule has 5 N–H and O–H groups in total. The molecule has 2 aromatic heterocycles. The zero-order valence-electron chi connectivity index (χ0n) is 15.8. The van der Waals surface area contributed by atoms with Crippen molar-refractivity contribution in [2.75, 3.05) is 12.4 Å². The molecule has 0 bridgehead atoms. The minimum atomic E-state index is -0.365.